The Kier molecular flexibility index (Phi) is 7.30. The lowest BCUT2D eigenvalue weighted by Crippen LogP contribution is -2.36. The van der Waals surface area contributed by atoms with E-state index >= 15 is 0 Å². The van der Waals surface area contributed by atoms with Crippen molar-refractivity contribution in [3.63, 3.8) is 0 Å². The lowest BCUT2D eigenvalue weighted by Gasteiger charge is -2.15. The van der Waals surface area contributed by atoms with Crippen LogP contribution in [0.1, 0.15) is 51.4 Å². The molecular formula is C18H20N2O7. The van der Waals surface area contributed by atoms with E-state index < -0.39 is 36.1 Å². The molecule has 2 saturated carbocycles. The SMILES string of the molecule is N#CC(OC(=O)C1CCCC1)C(=O)OC(=O)C(C#N)OC(=O)C1CCCC1. The molecule has 2 atom stereocenters. The standard InChI is InChI=1S/C18H20N2O7/c19-9-13(25-15(21)11-5-1-2-6-11)17(23)27-18(24)14(10-20)26-16(22)12-7-3-4-8-12/h11-14H,1-8H2. The predicted molar refractivity (Wildman–Crippen MR) is 86.0 cm³/mol. The predicted octanol–water partition coefficient (Wildman–Crippen LogP) is 1.31. The number of carbonyl (C=O) groups is 4. The molecule has 0 spiro atoms. The Labute approximate surface area is 156 Å². The van der Waals surface area contributed by atoms with Crippen LogP contribution in [0.5, 0.6) is 0 Å². The van der Waals surface area contributed by atoms with Crippen LogP contribution in [-0.4, -0.2) is 36.1 Å². The van der Waals surface area contributed by atoms with Crippen LogP contribution in [0.3, 0.4) is 0 Å². The summed E-state index contributed by atoms with van der Waals surface area (Å²) in [6.45, 7) is 0. The van der Waals surface area contributed by atoms with E-state index in [0.29, 0.717) is 25.7 Å². The molecule has 0 aromatic rings. The second kappa shape index (κ2) is 9.67. The monoisotopic (exact) mass is 376 g/mol. The maximum absolute atomic E-state index is 11.9. The van der Waals surface area contributed by atoms with Crippen LogP contribution in [0.2, 0.25) is 0 Å². The molecule has 2 fully saturated rings. The van der Waals surface area contributed by atoms with Gasteiger partial charge in [-0.15, -0.1) is 0 Å². The molecule has 0 saturated heterocycles. The molecule has 27 heavy (non-hydrogen) atoms. The highest BCUT2D eigenvalue weighted by Gasteiger charge is 2.35. The Hall–Kier alpha value is -2.94. The molecule has 2 aliphatic rings. The van der Waals surface area contributed by atoms with Crippen molar-refractivity contribution in [2.24, 2.45) is 11.8 Å². The minimum Gasteiger partial charge on any atom is -0.434 e. The van der Waals surface area contributed by atoms with Crippen molar-refractivity contribution in [1.82, 2.24) is 0 Å². The number of nitriles is 2. The third-order valence-corrected chi connectivity index (χ3v) is 4.71. The second-order valence-electron chi connectivity index (χ2n) is 6.59. The zero-order chi connectivity index (χ0) is 19.8. The van der Waals surface area contributed by atoms with Gasteiger partial charge in [0.2, 0.25) is 0 Å². The van der Waals surface area contributed by atoms with Crippen LogP contribution in [0.15, 0.2) is 0 Å². The van der Waals surface area contributed by atoms with Gasteiger partial charge in [0.1, 0.15) is 12.1 Å². The molecule has 0 amide bonds. The van der Waals surface area contributed by atoms with E-state index in [1.165, 1.54) is 12.1 Å². The Morgan fingerprint density at radius 3 is 1.33 bits per heavy atom. The topological polar surface area (TPSA) is 144 Å². The number of carbonyl (C=O) groups excluding carboxylic acids is 4. The quantitative estimate of drug-likeness (QED) is 0.380. The van der Waals surface area contributed by atoms with Gasteiger partial charge in [-0.2, -0.15) is 10.5 Å². The summed E-state index contributed by atoms with van der Waals surface area (Å²) in [5.41, 5.74) is 0. The van der Waals surface area contributed by atoms with Crippen LogP contribution in [0.25, 0.3) is 0 Å². The zero-order valence-electron chi connectivity index (χ0n) is 14.7. The zero-order valence-corrected chi connectivity index (χ0v) is 14.7. The summed E-state index contributed by atoms with van der Waals surface area (Å²) in [5, 5.41) is 18.0. The van der Waals surface area contributed by atoms with E-state index in [2.05, 4.69) is 4.74 Å². The first kappa shape index (κ1) is 20.4. The van der Waals surface area contributed by atoms with Crippen LogP contribution in [-0.2, 0) is 33.4 Å². The number of esters is 4. The van der Waals surface area contributed by atoms with Crippen molar-refractivity contribution in [2.75, 3.05) is 0 Å². The summed E-state index contributed by atoms with van der Waals surface area (Å²) in [5.74, 6) is -5.02. The van der Waals surface area contributed by atoms with Gasteiger partial charge in [0, 0.05) is 0 Å². The first-order valence-corrected chi connectivity index (χ1v) is 8.92. The Morgan fingerprint density at radius 1 is 0.704 bits per heavy atom. The molecule has 144 valence electrons. The second-order valence-corrected chi connectivity index (χ2v) is 6.59. The van der Waals surface area contributed by atoms with Crippen LogP contribution < -0.4 is 0 Å². The molecule has 0 aliphatic heterocycles. The molecule has 0 heterocycles. The van der Waals surface area contributed by atoms with Gasteiger partial charge in [-0.25, -0.2) is 9.59 Å². The summed E-state index contributed by atoms with van der Waals surface area (Å²) in [6, 6.07) is 2.89. The van der Waals surface area contributed by atoms with Gasteiger partial charge in [0.25, 0.3) is 12.2 Å². The Morgan fingerprint density at radius 2 is 1.04 bits per heavy atom. The van der Waals surface area contributed by atoms with E-state index in [1.54, 1.807) is 0 Å². The minimum absolute atomic E-state index is 0.386. The normalized spacial score (nSPS) is 19.3. The van der Waals surface area contributed by atoms with E-state index in [-0.39, 0.29) is 11.8 Å². The van der Waals surface area contributed by atoms with Crippen molar-refractivity contribution >= 4 is 23.9 Å². The molecule has 0 aromatic heterocycles. The number of ether oxygens (including phenoxy) is 3. The third-order valence-electron chi connectivity index (χ3n) is 4.71. The summed E-state index contributed by atoms with van der Waals surface area (Å²) in [7, 11) is 0. The first-order chi connectivity index (χ1) is 13.0. The Bertz CT molecular complexity index is 621. The number of hydrogen-bond acceptors (Lipinski definition) is 9. The summed E-state index contributed by atoms with van der Waals surface area (Å²) >= 11 is 0. The average Bonchev–Trinajstić information content (AvgIpc) is 3.37. The lowest BCUT2D eigenvalue weighted by atomic mass is 10.1. The first-order valence-electron chi connectivity index (χ1n) is 8.92. The van der Waals surface area contributed by atoms with Crippen LogP contribution in [0, 0.1) is 34.5 Å². The molecule has 9 nitrogen and oxygen atoms in total. The summed E-state index contributed by atoms with van der Waals surface area (Å²) < 4.78 is 14.0. The molecule has 2 unspecified atom stereocenters. The van der Waals surface area contributed by atoms with Gasteiger partial charge in [-0.1, -0.05) is 25.7 Å². The van der Waals surface area contributed by atoms with Crippen molar-refractivity contribution < 1.29 is 33.4 Å². The fourth-order valence-electron chi connectivity index (χ4n) is 3.21. The van der Waals surface area contributed by atoms with Gasteiger partial charge in [0.05, 0.1) is 11.8 Å². The highest BCUT2D eigenvalue weighted by molar-refractivity contribution is 5.94. The Balaban J connectivity index is 1.88. The van der Waals surface area contributed by atoms with Crippen molar-refractivity contribution in [3.05, 3.63) is 0 Å². The number of nitrogens with zero attached hydrogens (tertiary/aromatic N) is 2. The maximum Gasteiger partial charge on any atom is 0.370 e. The van der Waals surface area contributed by atoms with Crippen molar-refractivity contribution in [3.8, 4) is 12.1 Å². The van der Waals surface area contributed by atoms with E-state index in [9.17, 15) is 19.2 Å². The van der Waals surface area contributed by atoms with Crippen molar-refractivity contribution in [2.45, 2.75) is 63.6 Å². The summed E-state index contributed by atoms with van der Waals surface area (Å²) in [4.78, 5) is 47.6. The van der Waals surface area contributed by atoms with Gasteiger partial charge in [-0.3, -0.25) is 9.59 Å². The fourth-order valence-corrected chi connectivity index (χ4v) is 3.21. The van der Waals surface area contributed by atoms with Crippen LogP contribution in [0.4, 0.5) is 0 Å². The van der Waals surface area contributed by atoms with Gasteiger partial charge in [0.15, 0.2) is 0 Å². The third kappa shape index (κ3) is 5.52. The molecule has 2 aliphatic carbocycles. The van der Waals surface area contributed by atoms with E-state index in [0.717, 1.165) is 25.7 Å². The van der Waals surface area contributed by atoms with E-state index in [4.69, 9.17) is 20.0 Å². The van der Waals surface area contributed by atoms with Crippen LogP contribution >= 0.6 is 0 Å². The number of rotatable bonds is 6. The minimum atomic E-state index is -1.92. The highest BCUT2D eigenvalue weighted by Crippen LogP contribution is 2.27. The number of hydrogen-bond donors (Lipinski definition) is 0. The summed E-state index contributed by atoms with van der Waals surface area (Å²) in [6.07, 6.45) is 2.02. The lowest BCUT2D eigenvalue weighted by molar-refractivity contribution is -0.178. The molecule has 0 radical (unpaired) electrons. The fraction of sp³-hybridized carbons (Fsp3) is 0.667. The molecule has 0 N–H and O–H groups in total. The molecule has 0 aromatic carbocycles. The molecule has 2 rings (SSSR count). The highest BCUT2D eigenvalue weighted by atomic mass is 16.6. The largest absolute Gasteiger partial charge is 0.434 e. The van der Waals surface area contributed by atoms with Crippen molar-refractivity contribution in [1.29, 1.82) is 10.5 Å². The maximum atomic E-state index is 11.9. The van der Waals surface area contributed by atoms with Gasteiger partial charge in [-0.05, 0) is 25.7 Å². The van der Waals surface area contributed by atoms with E-state index in [1.807, 2.05) is 0 Å². The molecule has 9 heteroatoms. The van der Waals surface area contributed by atoms with Gasteiger partial charge < -0.3 is 14.2 Å². The molecular weight excluding hydrogens is 356 g/mol. The smallest absolute Gasteiger partial charge is 0.370 e. The van der Waals surface area contributed by atoms with Gasteiger partial charge >= 0.3 is 23.9 Å². The average molecular weight is 376 g/mol. The molecule has 0 bridgehead atoms.